The Morgan fingerprint density at radius 3 is 2.64 bits per heavy atom. The van der Waals surface area contributed by atoms with Gasteiger partial charge in [0.2, 0.25) is 5.13 Å². The van der Waals surface area contributed by atoms with Crippen LogP contribution in [0.15, 0.2) is 4.34 Å². The molecule has 9 heteroatoms. The Hall–Kier alpha value is -1.35. The number of nitrogens with two attached hydrogens (primary N) is 1. The average Bonchev–Trinajstić information content (AvgIpc) is 2.87. The number of nitrogen functional groups attached to an aromatic ring is 1. The predicted octanol–water partition coefficient (Wildman–Crippen LogP) is 1.26. The highest BCUT2D eigenvalue weighted by atomic mass is 32.2. The van der Waals surface area contributed by atoms with E-state index in [-0.39, 0.29) is 18.3 Å². The van der Waals surface area contributed by atoms with Gasteiger partial charge in [0.05, 0.1) is 5.75 Å². The monoisotopic (exact) mass is 344 g/mol. The molecular formula is C13H20N4O3S2. The zero-order valence-electron chi connectivity index (χ0n) is 12.7. The Bertz CT molecular complexity index is 527. The van der Waals surface area contributed by atoms with Gasteiger partial charge in [-0.15, -0.1) is 10.2 Å². The van der Waals surface area contributed by atoms with Crippen molar-refractivity contribution in [2.45, 2.75) is 24.6 Å². The zero-order chi connectivity index (χ0) is 16.1. The van der Waals surface area contributed by atoms with Crippen molar-refractivity contribution in [3.05, 3.63) is 0 Å². The van der Waals surface area contributed by atoms with Gasteiger partial charge in [-0.25, -0.2) is 0 Å². The fraction of sp³-hybridized carbons (Fsp3) is 0.692. The molecule has 1 aliphatic heterocycles. The molecule has 0 spiro atoms. The van der Waals surface area contributed by atoms with E-state index in [9.17, 15) is 9.59 Å². The molecule has 1 aromatic rings. The normalized spacial score (nSPS) is 21.6. The van der Waals surface area contributed by atoms with Crippen LogP contribution >= 0.6 is 23.1 Å². The molecule has 2 rings (SSSR count). The van der Waals surface area contributed by atoms with Crippen molar-refractivity contribution in [3.8, 4) is 0 Å². The molecule has 1 aromatic heterocycles. The van der Waals surface area contributed by atoms with Crippen molar-refractivity contribution < 1.29 is 14.3 Å². The second kappa shape index (κ2) is 7.77. The summed E-state index contributed by atoms with van der Waals surface area (Å²) in [6.45, 7) is 5.54. The lowest BCUT2D eigenvalue weighted by molar-refractivity contribution is -0.151. The van der Waals surface area contributed by atoms with Gasteiger partial charge in [0, 0.05) is 13.1 Å². The molecule has 7 nitrogen and oxygen atoms in total. The third-order valence-corrected chi connectivity index (χ3v) is 5.17. The maximum Gasteiger partial charge on any atom is 0.316 e. The maximum atomic E-state index is 12.1. The van der Waals surface area contributed by atoms with Crippen LogP contribution in [0.5, 0.6) is 0 Å². The van der Waals surface area contributed by atoms with Crippen LogP contribution in [0.1, 0.15) is 20.3 Å². The summed E-state index contributed by atoms with van der Waals surface area (Å²) >= 11 is 2.42. The smallest absolute Gasteiger partial charge is 0.316 e. The van der Waals surface area contributed by atoms with E-state index in [1.54, 1.807) is 4.90 Å². The summed E-state index contributed by atoms with van der Waals surface area (Å²) in [7, 11) is 0. The van der Waals surface area contributed by atoms with Crippen LogP contribution in [-0.2, 0) is 14.3 Å². The van der Waals surface area contributed by atoms with E-state index in [1.807, 2.05) is 0 Å². The number of likely N-dealkylation sites (tertiary alicyclic amines) is 1. The molecule has 0 aromatic carbocycles. The van der Waals surface area contributed by atoms with Gasteiger partial charge in [-0.2, -0.15) is 0 Å². The number of anilines is 1. The van der Waals surface area contributed by atoms with E-state index in [4.69, 9.17) is 10.5 Å². The molecule has 2 heterocycles. The standard InChI is InChI=1S/C13H20N4O3S2/c1-8-3-9(2)5-17(4-8)10(18)6-20-11(19)7-21-13-16-15-12(14)22-13/h8-9H,3-7H2,1-2H3,(H2,14,15). The Labute approximate surface area is 137 Å². The zero-order valence-corrected chi connectivity index (χ0v) is 14.3. The molecule has 0 saturated carbocycles. The second-order valence-corrected chi connectivity index (χ2v) is 7.83. The number of carbonyl (C=O) groups excluding carboxylic acids is 2. The van der Waals surface area contributed by atoms with Gasteiger partial charge in [-0.05, 0) is 18.3 Å². The molecule has 22 heavy (non-hydrogen) atoms. The first-order chi connectivity index (χ1) is 10.4. The number of amides is 1. The number of aromatic nitrogens is 2. The number of carbonyl (C=O) groups is 2. The van der Waals surface area contributed by atoms with E-state index in [0.717, 1.165) is 19.5 Å². The minimum absolute atomic E-state index is 0.0920. The van der Waals surface area contributed by atoms with Crippen molar-refractivity contribution >= 4 is 40.1 Å². The second-order valence-electron chi connectivity index (χ2n) is 5.60. The molecule has 2 unspecified atom stereocenters. The van der Waals surface area contributed by atoms with Crippen molar-refractivity contribution in [1.82, 2.24) is 15.1 Å². The molecule has 1 saturated heterocycles. The summed E-state index contributed by atoms with van der Waals surface area (Å²) in [6, 6.07) is 0. The first-order valence-electron chi connectivity index (χ1n) is 7.09. The van der Waals surface area contributed by atoms with Crippen LogP contribution in [0.25, 0.3) is 0 Å². The SMILES string of the molecule is CC1CC(C)CN(C(=O)COC(=O)CSc2nnc(N)s2)C1. The van der Waals surface area contributed by atoms with E-state index in [0.29, 0.717) is 21.3 Å². The van der Waals surface area contributed by atoms with Crippen LogP contribution in [0.3, 0.4) is 0 Å². The summed E-state index contributed by atoms with van der Waals surface area (Å²) in [4.78, 5) is 25.5. The van der Waals surface area contributed by atoms with Crippen LogP contribution in [0.2, 0.25) is 0 Å². The van der Waals surface area contributed by atoms with Gasteiger partial charge >= 0.3 is 5.97 Å². The molecule has 0 radical (unpaired) electrons. The quantitative estimate of drug-likeness (QED) is 0.634. The van der Waals surface area contributed by atoms with Gasteiger partial charge in [-0.3, -0.25) is 9.59 Å². The maximum absolute atomic E-state index is 12.1. The molecular weight excluding hydrogens is 324 g/mol. The molecule has 0 aliphatic carbocycles. The predicted molar refractivity (Wildman–Crippen MR) is 85.5 cm³/mol. The summed E-state index contributed by atoms with van der Waals surface area (Å²) in [5.41, 5.74) is 5.45. The largest absolute Gasteiger partial charge is 0.455 e. The van der Waals surface area contributed by atoms with E-state index in [2.05, 4.69) is 24.0 Å². The van der Waals surface area contributed by atoms with Gasteiger partial charge in [0.25, 0.3) is 5.91 Å². The number of rotatable bonds is 5. The highest BCUT2D eigenvalue weighted by Crippen LogP contribution is 2.23. The molecule has 2 N–H and O–H groups in total. The van der Waals surface area contributed by atoms with Gasteiger partial charge < -0.3 is 15.4 Å². The lowest BCUT2D eigenvalue weighted by Crippen LogP contribution is -2.44. The number of ether oxygens (including phenoxy) is 1. The highest BCUT2D eigenvalue weighted by Gasteiger charge is 2.25. The molecule has 122 valence electrons. The van der Waals surface area contributed by atoms with Crippen LogP contribution in [0, 0.1) is 11.8 Å². The minimum atomic E-state index is -0.440. The lowest BCUT2D eigenvalue weighted by Gasteiger charge is -2.34. The fourth-order valence-electron chi connectivity index (χ4n) is 2.54. The summed E-state index contributed by atoms with van der Waals surface area (Å²) in [5.74, 6) is 0.500. The highest BCUT2D eigenvalue weighted by molar-refractivity contribution is 8.01. The number of nitrogens with zero attached hydrogens (tertiary/aromatic N) is 3. The van der Waals surface area contributed by atoms with E-state index in [1.165, 1.54) is 23.1 Å². The molecule has 2 atom stereocenters. The Morgan fingerprint density at radius 2 is 2.05 bits per heavy atom. The molecule has 1 amide bonds. The van der Waals surface area contributed by atoms with Crippen LogP contribution < -0.4 is 5.73 Å². The minimum Gasteiger partial charge on any atom is -0.455 e. The first kappa shape index (κ1) is 17.0. The number of hydrogen-bond donors (Lipinski definition) is 1. The fourth-order valence-corrected chi connectivity index (χ4v) is 3.98. The van der Waals surface area contributed by atoms with Crippen molar-refractivity contribution in [3.63, 3.8) is 0 Å². The van der Waals surface area contributed by atoms with Gasteiger partial charge in [-0.1, -0.05) is 36.9 Å². The third-order valence-electron chi connectivity index (χ3n) is 3.31. The topological polar surface area (TPSA) is 98.4 Å². The number of esters is 1. The van der Waals surface area contributed by atoms with Gasteiger partial charge in [0.15, 0.2) is 10.9 Å². The Morgan fingerprint density at radius 1 is 1.36 bits per heavy atom. The number of piperidine rings is 1. The van der Waals surface area contributed by atoms with E-state index < -0.39 is 5.97 Å². The van der Waals surface area contributed by atoms with Crippen LogP contribution in [-0.4, -0.2) is 52.4 Å². The first-order valence-corrected chi connectivity index (χ1v) is 8.89. The molecule has 1 aliphatic rings. The molecule has 0 bridgehead atoms. The Kier molecular flexibility index (Phi) is 6.01. The van der Waals surface area contributed by atoms with Crippen molar-refractivity contribution in [2.75, 3.05) is 31.2 Å². The lowest BCUT2D eigenvalue weighted by atomic mass is 9.92. The number of thioether (sulfide) groups is 1. The van der Waals surface area contributed by atoms with Crippen molar-refractivity contribution in [1.29, 1.82) is 0 Å². The van der Waals surface area contributed by atoms with E-state index >= 15 is 0 Å². The third kappa shape index (κ3) is 5.13. The Balaban J connectivity index is 1.70. The van der Waals surface area contributed by atoms with Crippen LogP contribution in [0.4, 0.5) is 5.13 Å². The summed E-state index contributed by atoms with van der Waals surface area (Å²) in [5, 5.41) is 7.81. The average molecular weight is 344 g/mol. The summed E-state index contributed by atoms with van der Waals surface area (Å²) < 4.78 is 5.64. The van der Waals surface area contributed by atoms with Crippen molar-refractivity contribution in [2.24, 2.45) is 11.8 Å². The van der Waals surface area contributed by atoms with Gasteiger partial charge in [0.1, 0.15) is 0 Å². The summed E-state index contributed by atoms with van der Waals surface area (Å²) in [6.07, 6.45) is 1.13. The number of hydrogen-bond acceptors (Lipinski definition) is 8. The molecule has 1 fully saturated rings.